The fourth-order valence-corrected chi connectivity index (χ4v) is 2.87. The third-order valence-electron chi connectivity index (χ3n) is 2.30. The maximum absolute atomic E-state index is 12.9. The molecule has 0 radical (unpaired) electrons. The second kappa shape index (κ2) is 4.19. The van der Waals surface area contributed by atoms with Crippen LogP contribution in [0.1, 0.15) is 12.8 Å². The second-order valence-electron chi connectivity index (χ2n) is 3.34. The maximum atomic E-state index is 12.9. The molecule has 0 aliphatic carbocycles. The Kier molecular flexibility index (Phi) is 2.93. The van der Waals surface area contributed by atoms with E-state index in [0.29, 0.717) is 4.90 Å². The predicted molar refractivity (Wildman–Crippen MR) is 53.6 cm³/mol. The molecule has 0 bridgehead atoms. The molecule has 0 aromatic heterocycles. The van der Waals surface area contributed by atoms with Gasteiger partial charge in [-0.05, 0) is 31.0 Å². The Labute approximate surface area is 85.3 Å². The summed E-state index contributed by atoms with van der Waals surface area (Å²) in [6.07, 6.45) is 2.17. The zero-order valence-electron chi connectivity index (χ0n) is 7.78. The van der Waals surface area contributed by atoms with E-state index in [4.69, 9.17) is 0 Å². The number of hydrogen-bond donors (Lipinski definition) is 0. The van der Waals surface area contributed by atoms with Crippen LogP contribution < -0.4 is 0 Å². The van der Waals surface area contributed by atoms with Gasteiger partial charge >= 0.3 is 0 Å². The van der Waals surface area contributed by atoms with Gasteiger partial charge in [0.2, 0.25) is 0 Å². The lowest BCUT2D eigenvalue weighted by Crippen LogP contribution is -2.22. The molecule has 14 heavy (non-hydrogen) atoms. The molecule has 2 nitrogen and oxygen atoms in total. The molecule has 76 valence electrons. The van der Waals surface area contributed by atoms with Gasteiger partial charge in [0.25, 0.3) is 0 Å². The summed E-state index contributed by atoms with van der Waals surface area (Å²) in [6.45, 7) is 1.70. The Morgan fingerprint density at radius 3 is 2.64 bits per heavy atom. The van der Waals surface area contributed by atoms with Crippen molar-refractivity contribution in [3.8, 4) is 0 Å². The molecule has 4 heteroatoms. The number of halogens is 1. The van der Waals surface area contributed by atoms with Crippen molar-refractivity contribution in [2.75, 3.05) is 13.1 Å². The first-order chi connectivity index (χ1) is 6.77. The summed E-state index contributed by atoms with van der Waals surface area (Å²) in [7, 11) is -1.18. The van der Waals surface area contributed by atoms with Gasteiger partial charge in [-0.3, -0.25) is 0 Å². The first kappa shape index (κ1) is 9.80. The molecule has 0 saturated carbocycles. The molecule has 1 aromatic rings. The lowest BCUT2D eigenvalue weighted by molar-refractivity contribution is 0.534. The second-order valence-corrected chi connectivity index (χ2v) is 4.83. The number of hydrogen-bond acceptors (Lipinski definition) is 1. The monoisotopic (exact) mass is 213 g/mol. The average Bonchev–Trinajstić information content (AvgIpc) is 2.69. The van der Waals surface area contributed by atoms with Gasteiger partial charge in [-0.2, -0.15) is 0 Å². The van der Waals surface area contributed by atoms with E-state index >= 15 is 0 Å². The first-order valence-corrected chi connectivity index (χ1v) is 5.80. The van der Waals surface area contributed by atoms with Crippen molar-refractivity contribution in [2.24, 2.45) is 0 Å². The largest absolute Gasteiger partial charge is 0.237 e. The summed E-state index contributed by atoms with van der Waals surface area (Å²) in [5, 5.41) is 0. The zero-order valence-corrected chi connectivity index (χ0v) is 8.60. The van der Waals surface area contributed by atoms with Crippen molar-refractivity contribution in [3.63, 3.8) is 0 Å². The minimum atomic E-state index is -1.18. The molecular formula is C10H12FNOS. The summed E-state index contributed by atoms with van der Waals surface area (Å²) in [5.41, 5.74) is 0. The van der Waals surface area contributed by atoms with Crippen LogP contribution in [-0.2, 0) is 11.0 Å². The van der Waals surface area contributed by atoms with Crippen LogP contribution in [0.3, 0.4) is 0 Å². The van der Waals surface area contributed by atoms with Crippen LogP contribution in [-0.4, -0.2) is 21.6 Å². The lowest BCUT2D eigenvalue weighted by Gasteiger charge is -2.13. The van der Waals surface area contributed by atoms with Crippen LogP contribution in [0, 0.1) is 5.82 Å². The summed E-state index contributed by atoms with van der Waals surface area (Å²) in [5.74, 6) is -0.324. The Morgan fingerprint density at radius 1 is 1.29 bits per heavy atom. The fraction of sp³-hybridized carbons (Fsp3) is 0.400. The van der Waals surface area contributed by atoms with Crippen molar-refractivity contribution in [3.05, 3.63) is 30.1 Å². The molecule has 1 unspecified atom stereocenters. The highest BCUT2D eigenvalue weighted by Gasteiger charge is 2.19. The summed E-state index contributed by atoms with van der Waals surface area (Å²) >= 11 is 0. The Hall–Kier alpha value is -0.740. The molecule has 1 aliphatic heterocycles. The van der Waals surface area contributed by atoms with E-state index < -0.39 is 11.0 Å². The van der Waals surface area contributed by atoms with Crippen LogP contribution in [0.25, 0.3) is 0 Å². The van der Waals surface area contributed by atoms with Gasteiger partial charge in [-0.25, -0.2) is 12.9 Å². The molecule has 1 heterocycles. The van der Waals surface area contributed by atoms with E-state index in [1.165, 1.54) is 12.1 Å². The molecule has 1 saturated heterocycles. The quantitative estimate of drug-likeness (QED) is 0.735. The molecule has 1 fully saturated rings. The van der Waals surface area contributed by atoms with Gasteiger partial charge in [0.15, 0.2) is 0 Å². The zero-order chi connectivity index (χ0) is 9.97. The molecule has 0 amide bonds. The van der Waals surface area contributed by atoms with Crippen molar-refractivity contribution in [2.45, 2.75) is 17.7 Å². The molecule has 1 atom stereocenters. The maximum Gasteiger partial charge on any atom is 0.127 e. The minimum Gasteiger partial charge on any atom is -0.237 e. The molecule has 2 rings (SSSR count). The van der Waals surface area contributed by atoms with Gasteiger partial charge in [0.1, 0.15) is 16.8 Å². The van der Waals surface area contributed by atoms with Gasteiger partial charge in [-0.15, -0.1) is 0 Å². The SMILES string of the molecule is O=S(c1cccc(F)c1)N1CCCC1. The summed E-state index contributed by atoms with van der Waals surface area (Å²) in [6, 6.07) is 6.01. The third kappa shape index (κ3) is 2.01. The van der Waals surface area contributed by atoms with Gasteiger partial charge in [-0.1, -0.05) is 6.07 Å². The average molecular weight is 213 g/mol. The van der Waals surface area contributed by atoms with Crippen LogP contribution in [0.5, 0.6) is 0 Å². The molecular weight excluding hydrogens is 201 g/mol. The topological polar surface area (TPSA) is 20.3 Å². The number of nitrogens with zero attached hydrogens (tertiary/aromatic N) is 1. The minimum absolute atomic E-state index is 0.324. The molecule has 0 N–H and O–H groups in total. The van der Waals surface area contributed by atoms with Crippen LogP contribution in [0.2, 0.25) is 0 Å². The lowest BCUT2D eigenvalue weighted by atomic mass is 10.4. The molecule has 1 aliphatic rings. The highest BCUT2D eigenvalue weighted by atomic mass is 32.2. The Balaban J connectivity index is 2.17. The van der Waals surface area contributed by atoms with Gasteiger partial charge in [0, 0.05) is 13.1 Å². The number of benzene rings is 1. The van der Waals surface area contributed by atoms with E-state index in [1.807, 2.05) is 4.31 Å². The van der Waals surface area contributed by atoms with Crippen molar-refractivity contribution in [1.82, 2.24) is 4.31 Å². The number of rotatable bonds is 2. The first-order valence-electron chi connectivity index (χ1n) is 4.70. The molecule has 1 aromatic carbocycles. The third-order valence-corrected chi connectivity index (χ3v) is 3.79. The molecule has 0 spiro atoms. The van der Waals surface area contributed by atoms with Crippen LogP contribution in [0.15, 0.2) is 29.2 Å². The van der Waals surface area contributed by atoms with Crippen LogP contribution in [0.4, 0.5) is 4.39 Å². The Bertz CT molecular complexity index is 350. The Morgan fingerprint density at radius 2 is 2.00 bits per heavy atom. The normalized spacial score (nSPS) is 19.8. The fourth-order valence-electron chi connectivity index (χ4n) is 1.58. The van der Waals surface area contributed by atoms with E-state index in [-0.39, 0.29) is 5.82 Å². The van der Waals surface area contributed by atoms with Crippen molar-refractivity contribution >= 4 is 11.0 Å². The summed E-state index contributed by atoms with van der Waals surface area (Å²) in [4.78, 5) is 0.562. The van der Waals surface area contributed by atoms with E-state index in [2.05, 4.69) is 0 Å². The predicted octanol–water partition coefficient (Wildman–Crippen LogP) is 1.94. The van der Waals surface area contributed by atoms with Crippen molar-refractivity contribution in [1.29, 1.82) is 0 Å². The summed E-state index contributed by atoms with van der Waals surface area (Å²) < 4.78 is 26.6. The van der Waals surface area contributed by atoms with Crippen LogP contribution >= 0.6 is 0 Å². The standard InChI is InChI=1S/C10H12FNOS/c11-9-4-3-5-10(8-9)14(13)12-6-1-2-7-12/h3-5,8H,1-2,6-7H2. The highest BCUT2D eigenvalue weighted by Crippen LogP contribution is 2.17. The highest BCUT2D eigenvalue weighted by molar-refractivity contribution is 7.82. The van der Waals surface area contributed by atoms with Gasteiger partial charge in [0.05, 0.1) is 4.90 Å². The van der Waals surface area contributed by atoms with Gasteiger partial charge < -0.3 is 0 Å². The van der Waals surface area contributed by atoms with E-state index in [9.17, 15) is 8.60 Å². The smallest absolute Gasteiger partial charge is 0.127 e. The van der Waals surface area contributed by atoms with E-state index in [0.717, 1.165) is 25.9 Å². The van der Waals surface area contributed by atoms with Crippen molar-refractivity contribution < 1.29 is 8.60 Å². The van der Waals surface area contributed by atoms with E-state index in [1.54, 1.807) is 12.1 Å².